The highest BCUT2D eigenvalue weighted by Gasteiger charge is 2.39. The van der Waals surface area contributed by atoms with E-state index in [-0.39, 0.29) is 5.78 Å². The first kappa shape index (κ1) is 22.6. The molecule has 1 aliphatic carbocycles. The van der Waals surface area contributed by atoms with Gasteiger partial charge < -0.3 is 19.5 Å². The van der Waals surface area contributed by atoms with Crippen LogP contribution < -0.4 is 14.8 Å². The summed E-state index contributed by atoms with van der Waals surface area (Å²) in [6.07, 6.45) is 2.05. The van der Waals surface area contributed by atoms with E-state index >= 15 is 0 Å². The Morgan fingerprint density at radius 3 is 2.48 bits per heavy atom. The second kappa shape index (κ2) is 9.53. The van der Waals surface area contributed by atoms with Crippen molar-refractivity contribution >= 4 is 11.8 Å². The SMILES string of the molecule is COC(=O)C1=C(C)NC2=C(C(=O)CCC2)[C@H]1c1ccc(OCc2ccc(C)cc2)c(OC)c1. The summed E-state index contributed by atoms with van der Waals surface area (Å²) in [7, 11) is 2.94. The van der Waals surface area contributed by atoms with Crippen LogP contribution in [0.1, 0.15) is 48.8 Å². The highest BCUT2D eigenvalue weighted by atomic mass is 16.5. The van der Waals surface area contributed by atoms with Gasteiger partial charge in [0.1, 0.15) is 6.61 Å². The second-order valence-electron chi connectivity index (χ2n) is 8.44. The summed E-state index contributed by atoms with van der Waals surface area (Å²) in [5, 5.41) is 3.28. The van der Waals surface area contributed by atoms with Crippen LogP contribution in [0.25, 0.3) is 0 Å². The van der Waals surface area contributed by atoms with Crippen molar-refractivity contribution in [3.8, 4) is 11.5 Å². The van der Waals surface area contributed by atoms with Gasteiger partial charge in [-0.3, -0.25) is 4.79 Å². The largest absolute Gasteiger partial charge is 0.493 e. The van der Waals surface area contributed by atoms with Crippen LogP contribution in [0, 0.1) is 6.92 Å². The number of hydrogen-bond donors (Lipinski definition) is 1. The van der Waals surface area contributed by atoms with Crippen LogP contribution in [0.4, 0.5) is 0 Å². The van der Waals surface area contributed by atoms with Gasteiger partial charge in [-0.1, -0.05) is 35.9 Å². The zero-order valence-corrected chi connectivity index (χ0v) is 19.5. The number of allylic oxidation sites excluding steroid dienone is 3. The fourth-order valence-electron chi connectivity index (χ4n) is 4.53. The average Bonchev–Trinajstić information content (AvgIpc) is 2.82. The van der Waals surface area contributed by atoms with Crippen molar-refractivity contribution in [2.45, 2.75) is 45.6 Å². The average molecular weight is 448 g/mol. The molecular formula is C27H29NO5. The molecule has 0 fully saturated rings. The van der Waals surface area contributed by atoms with Crippen molar-refractivity contribution < 1.29 is 23.8 Å². The number of esters is 1. The Bertz CT molecular complexity index is 1140. The number of carbonyl (C=O) groups excluding carboxylic acids is 2. The summed E-state index contributed by atoms with van der Waals surface area (Å²) in [4.78, 5) is 25.7. The number of ketones is 1. The number of dihydropyridines is 1. The second-order valence-corrected chi connectivity index (χ2v) is 8.44. The normalized spacial score (nSPS) is 17.9. The first-order valence-corrected chi connectivity index (χ1v) is 11.1. The van der Waals surface area contributed by atoms with Crippen LogP contribution >= 0.6 is 0 Å². The molecule has 0 aromatic heterocycles. The Labute approximate surface area is 194 Å². The molecule has 0 amide bonds. The van der Waals surface area contributed by atoms with Crippen LogP contribution in [0.2, 0.25) is 0 Å². The topological polar surface area (TPSA) is 73.9 Å². The summed E-state index contributed by atoms with van der Waals surface area (Å²) in [6, 6.07) is 13.7. The molecule has 0 bridgehead atoms. The lowest BCUT2D eigenvalue weighted by molar-refractivity contribution is -0.136. The summed E-state index contributed by atoms with van der Waals surface area (Å²) < 4.78 is 16.7. The molecule has 0 saturated carbocycles. The molecule has 1 heterocycles. The number of aryl methyl sites for hydroxylation is 1. The van der Waals surface area contributed by atoms with Gasteiger partial charge in [0.05, 0.1) is 19.8 Å². The van der Waals surface area contributed by atoms with Crippen molar-refractivity contribution in [1.82, 2.24) is 5.32 Å². The third kappa shape index (κ3) is 4.51. The van der Waals surface area contributed by atoms with Gasteiger partial charge in [0.15, 0.2) is 17.3 Å². The van der Waals surface area contributed by atoms with Gasteiger partial charge in [0.25, 0.3) is 0 Å². The van der Waals surface area contributed by atoms with E-state index in [1.807, 2.05) is 56.3 Å². The fraction of sp³-hybridized carbons (Fsp3) is 0.333. The Kier molecular flexibility index (Phi) is 6.54. The smallest absolute Gasteiger partial charge is 0.336 e. The number of Topliss-reactive ketones (excluding diaryl/α,β-unsaturated/α-hetero) is 1. The van der Waals surface area contributed by atoms with Crippen molar-refractivity contribution in [3.63, 3.8) is 0 Å². The molecule has 0 saturated heterocycles. The molecule has 4 rings (SSSR count). The maximum Gasteiger partial charge on any atom is 0.336 e. The molecule has 172 valence electrons. The predicted molar refractivity (Wildman–Crippen MR) is 125 cm³/mol. The van der Waals surface area contributed by atoms with Gasteiger partial charge in [-0.15, -0.1) is 0 Å². The first-order valence-electron chi connectivity index (χ1n) is 11.1. The maximum atomic E-state index is 13.0. The number of hydrogen-bond acceptors (Lipinski definition) is 6. The van der Waals surface area contributed by atoms with E-state index in [9.17, 15) is 9.59 Å². The first-order chi connectivity index (χ1) is 15.9. The molecule has 2 aromatic rings. The minimum absolute atomic E-state index is 0.0568. The van der Waals surface area contributed by atoms with E-state index in [2.05, 4.69) is 5.32 Å². The van der Waals surface area contributed by atoms with Gasteiger partial charge in [-0.2, -0.15) is 0 Å². The van der Waals surface area contributed by atoms with Crippen LogP contribution in [0.5, 0.6) is 11.5 Å². The quantitative estimate of drug-likeness (QED) is 0.646. The van der Waals surface area contributed by atoms with Crippen molar-refractivity contribution in [2.24, 2.45) is 0 Å². The highest BCUT2D eigenvalue weighted by molar-refractivity contribution is 6.03. The lowest BCUT2D eigenvalue weighted by Crippen LogP contribution is -2.34. The van der Waals surface area contributed by atoms with Crippen molar-refractivity contribution in [3.05, 3.63) is 81.7 Å². The van der Waals surface area contributed by atoms with Crippen molar-refractivity contribution in [2.75, 3.05) is 14.2 Å². The summed E-state index contributed by atoms with van der Waals surface area (Å²) in [6.45, 7) is 4.30. The van der Waals surface area contributed by atoms with Crippen LogP contribution in [-0.4, -0.2) is 26.0 Å². The maximum absolute atomic E-state index is 13.0. The number of carbonyl (C=O) groups is 2. The Morgan fingerprint density at radius 2 is 1.79 bits per heavy atom. The molecule has 6 nitrogen and oxygen atoms in total. The number of nitrogens with one attached hydrogen (secondary N) is 1. The van der Waals surface area contributed by atoms with Crippen LogP contribution in [0.3, 0.4) is 0 Å². The molecule has 0 spiro atoms. The van der Waals surface area contributed by atoms with E-state index in [4.69, 9.17) is 14.2 Å². The highest BCUT2D eigenvalue weighted by Crippen LogP contribution is 2.44. The van der Waals surface area contributed by atoms with E-state index in [1.54, 1.807) is 7.11 Å². The molecule has 6 heteroatoms. The Hall–Kier alpha value is -3.54. The third-order valence-electron chi connectivity index (χ3n) is 6.22. The van der Waals surface area contributed by atoms with Gasteiger partial charge >= 0.3 is 5.97 Å². The molecule has 2 aromatic carbocycles. The van der Waals surface area contributed by atoms with E-state index < -0.39 is 11.9 Å². The van der Waals surface area contributed by atoms with Gasteiger partial charge in [0, 0.05) is 29.3 Å². The minimum atomic E-state index is -0.512. The van der Waals surface area contributed by atoms with Gasteiger partial charge in [-0.25, -0.2) is 4.79 Å². The lowest BCUT2D eigenvalue weighted by atomic mass is 9.75. The molecule has 0 radical (unpaired) electrons. The molecule has 33 heavy (non-hydrogen) atoms. The predicted octanol–water partition coefficient (Wildman–Crippen LogP) is 4.72. The van der Waals surface area contributed by atoms with E-state index in [0.29, 0.717) is 41.4 Å². The molecule has 1 aliphatic heterocycles. The Balaban J connectivity index is 1.71. The molecule has 1 N–H and O–H groups in total. The molecular weight excluding hydrogens is 418 g/mol. The summed E-state index contributed by atoms with van der Waals surface area (Å²) >= 11 is 0. The van der Waals surface area contributed by atoms with Crippen molar-refractivity contribution in [1.29, 1.82) is 0 Å². The summed E-state index contributed by atoms with van der Waals surface area (Å²) in [5.41, 5.74) is 5.72. The third-order valence-corrected chi connectivity index (χ3v) is 6.22. The zero-order valence-electron chi connectivity index (χ0n) is 19.5. The number of methoxy groups -OCH3 is 2. The lowest BCUT2D eigenvalue weighted by Gasteiger charge is -2.34. The number of ether oxygens (including phenoxy) is 3. The fourth-order valence-corrected chi connectivity index (χ4v) is 4.53. The van der Waals surface area contributed by atoms with E-state index in [0.717, 1.165) is 29.7 Å². The summed E-state index contributed by atoms with van der Waals surface area (Å²) in [5.74, 6) is 0.238. The minimum Gasteiger partial charge on any atom is -0.493 e. The standard InChI is InChI=1S/C27H29NO5/c1-16-8-10-18(11-9-16)15-33-22-13-12-19(14-23(22)31-3)25-24(27(30)32-4)17(2)28-20-6-5-7-21(29)26(20)25/h8-14,25,28H,5-7,15H2,1-4H3/t25-/m0/s1. The molecule has 0 unspecified atom stereocenters. The number of benzene rings is 2. The van der Waals surface area contributed by atoms with Crippen LogP contribution in [0.15, 0.2) is 65.0 Å². The molecule has 2 aliphatic rings. The zero-order chi connectivity index (χ0) is 23.5. The monoisotopic (exact) mass is 447 g/mol. The van der Waals surface area contributed by atoms with Crippen LogP contribution in [-0.2, 0) is 20.9 Å². The van der Waals surface area contributed by atoms with Gasteiger partial charge in [-0.05, 0) is 49.9 Å². The van der Waals surface area contributed by atoms with E-state index in [1.165, 1.54) is 12.7 Å². The number of rotatable bonds is 6. The Morgan fingerprint density at radius 1 is 1.03 bits per heavy atom. The molecule has 1 atom stereocenters. The van der Waals surface area contributed by atoms with Gasteiger partial charge in [0.2, 0.25) is 0 Å².